The minimum atomic E-state index is -0.422. The average Bonchev–Trinajstić information content (AvgIpc) is 2.58. The number of anilines is 1. The van der Waals surface area contributed by atoms with Crippen LogP contribution in [0, 0.1) is 11.3 Å². The summed E-state index contributed by atoms with van der Waals surface area (Å²) in [4.78, 5) is 14.2. The van der Waals surface area contributed by atoms with E-state index in [9.17, 15) is 4.79 Å². The van der Waals surface area contributed by atoms with Crippen LogP contribution in [0.5, 0.6) is 0 Å². The Morgan fingerprint density at radius 1 is 1.17 bits per heavy atom. The Kier molecular flexibility index (Phi) is 6.28. The second-order valence-corrected chi connectivity index (χ2v) is 5.71. The standard InChI is InChI=1S/C18H17N3OS/c1-2-20-13-14(12-19)18(22)21-16-10-6-7-11-17(16)23-15-8-4-3-5-9-15/h3-11,13,20H,2H2,1H3,(H,21,22)/b14-13-. The van der Waals surface area contributed by atoms with E-state index >= 15 is 0 Å². The molecule has 0 bridgehead atoms. The second-order valence-electron chi connectivity index (χ2n) is 4.59. The molecule has 116 valence electrons. The molecule has 0 aromatic heterocycles. The number of rotatable bonds is 6. The fourth-order valence-corrected chi connectivity index (χ4v) is 2.74. The van der Waals surface area contributed by atoms with E-state index in [1.165, 1.54) is 6.20 Å². The van der Waals surface area contributed by atoms with Gasteiger partial charge in [-0.15, -0.1) is 0 Å². The van der Waals surface area contributed by atoms with Crippen molar-refractivity contribution in [1.82, 2.24) is 5.32 Å². The molecule has 0 fully saturated rings. The molecular formula is C18H17N3OS. The zero-order valence-corrected chi connectivity index (χ0v) is 13.6. The van der Waals surface area contributed by atoms with Crippen LogP contribution in [0.25, 0.3) is 0 Å². The number of carbonyl (C=O) groups is 1. The van der Waals surface area contributed by atoms with Crippen molar-refractivity contribution in [2.75, 3.05) is 11.9 Å². The number of hydrogen-bond acceptors (Lipinski definition) is 4. The fraction of sp³-hybridized carbons (Fsp3) is 0.111. The van der Waals surface area contributed by atoms with E-state index in [-0.39, 0.29) is 5.57 Å². The average molecular weight is 323 g/mol. The third-order valence-electron chi connectivity index (χ3n) is 2.92. The van der Waals surface area contributed by atoms with Gasteiger partial charge in [-0.25, -0.2) is 0 Å². The van der Waals surface area contributed by atoms with Crippen molar-refractivity contribution in [3.63, 3.8) is 0 Å². The molecule has 0 aliphatic rings. The van der Waals surface area contributed by atoms with Crippen LogP contribution in [0.1, 0.15) is 6.92 Å². The molecule has 0 aliphatic carbocycles. The molecule has 2 aromatic carbocycles. The SMILES string of the molecule is CCN/C=C(/C#N)C(=O)Nc1ccccc1Sc1ccccc1. The number of nitriles is 1. The van der Waals surface area contributed by atoms with Gasteiger partial charge in [0.1, 0.15) is 11.6 Å². The summed E-state index contributed by atoms with van der Waals surface area (Å²) < 4.78 is 0. The van der Waals surface area contributed by atoms with Gasteiger partial charge in [-0.2, -0.15) is 5.26 Å². The highest BCUT2D eigenvalue weighted by molar-refractivity contribution is 7.99. The largest absolute Gasteiger partial charge is 0.390 e. The molecule has 5 heteroatoms. The Bertz CT molecular complexity index is 735. The third-order valence-corrected chi connectivity index (χ3v) is 4.01. The molecule has 23 heavy (non-hydrogen) atoms. The summed E-state index contributed by atoms with van der Waals surface area (Å²) in [5, 5.41) is 14.8. The number of hydrogen-bond donors (Lipinski definition) is 2. The molecule has 2 N–H and O–H groups in total. The molecule has 0 radical (unpaired) electrons. The van der Waals surface area contributed by atoms with E-state index in [0.29, 0.717) is 12.2 Å². The summed E-state index contributed by atoms with van der Waals surface area (Å²) in [6.07, 6.45) is 1.43. The van der Waals surface area contributed by atoms with Gasteiger partial charge in [0.05, 0.1) is 5.69 Å². The Balaban J connectivity index is 2.17. The highest BCUT2D eigenvalue weighted by Crippen LogP contribution is 2.33. The van der Waals surface area contributed by atoms with E-state index in [1.807, 2.05) is 67.6 Å². The van der Waals surface area contributed by atoms with Crippen LogP contribution in [-0.4, -0.2) is 12.5 Å². The van der Waals surface area contributed by atoms with Gasteiger partial charge in [0.25, 0.3) is 5.91 Å². The molecule has 0 spiro atoms. The van der Waals surface area contributed by atoms with Gasteiger partial charge in [-0.3, -0.25) is 4.79 Å². The molecule has 0 atom stereocenters. The lowest BCUT2D eigenvalue weighted by Crippen LogP contribution is -2.16. The zero-order chi connectivity index (χ0) is 16.5. The van der Waals surface area contributed by atoms with Gasteiger partial charge in [0, 0.05) is 22.5 Å². The van der Waals surface area contributed by atoms with Crippen molar-refractivity contribution in [3.05, 3.63) is 66.4 Å². The number of amides is 1. The Morgan fingerprint density at radius 3 is 2.57 bits per heavy atom. The van der Waals surface area contributed by atoms with E-state index in [0.717, 1.165) is 9.79 Å². The lowest BCUT2D eigenvalue weighted by molar-refractivity contribution is -0.112. The maximum absolute atomic E-state index is 12.2. The smallest absolute Gasteiger partial charge is 0.267 e. The van der Waals surface area contributed by atoms with Gasteiger partial charge >= 0.3 is 0 Å². The lowest BCUT2D eigenvalue weighted by Gasteiger charge is -2.10. The minimum Gasteiger partial charge on any atom is -0.390 e. The van der Waals surface area contributed by atoms with Gasteiger partial charge in [0.15, 0.2) is 0 Å². The molecule has 1 amide bonds. The van der Waals surface area contributed by atoms with Crippen molar-refractivity contribution in [3.8, 4) is 6.07 Å². The van der Waals surface area contributed by atoms with Crippen LogP contribution in [0.15, 0.2) is 76.2 Å². The van der Waals surface area contributed by atoms with Crippen molar-refractivity contribution in [2.45, 2.75) is 16.7 Å². The second kappa shape index (κ2) is 8.66. The number of nitrogens with zero attached hydrogens (tertiary/aromatic N) is 1. The normalized spacial score (nSPS) is 10.7. The first-order chi connectivity index (χ1) is 11.2. The monoisotopic (exact) mass is 323 g/mol. The summed E-state index contributed by atoms with van der Waals surface area (Å²) in [6.45, 7) is 2.55. The maximum atomic E-state index is 12.2. The number of benzene rings is 2. The highest BCUT2D eigenvalue weighted by Gasteiger charge is 2.12. The van der Waals surface area contributed by atoms with Gasteiger partial charge in [-0.05, 0) is 31.2 Å². The van der Waals surface area contributed by atoms with Gasteiger partial charge < -0.3 is 10.6 Å². The predicted molar refractivity (Wildman–Crippen MR) is 93.0 cm³/mol. The molecule has 2 aromatic rings. The zero-order valence-electron chi connectivity index (χ0n) is 12.7. The molecule has 0 unspecified atom stereocenters. The Morgan fingerprint density at radius 2 is 1.87 bits per heavy atom. The van der Waals surface area contributed by atoms with E-state index in [1.54, 1.807) is 11.8 Å². The van der Waals surface area contributed by atoms with Crippen molar-refractivity contribution in [1.29, 1.82) is 5.26 Å². The third kappa shape index (κ3) is 4.90. The van der Waals surface area contributed by atoms with E-state index in [2.05, 4.69) is 10.6 Å². The van der Waals surface area contributed by atoms with E-state index in [4.69, 9.17) is 5.26 Å². The van der Waals surface area contributed by atoms with Crippen LogP contribution >= 0.6 is 11.8 Å². The highest BCUT2D eigenvalue weighted by atomic mass is 32.2. The predicted octanol–water partition coefficient (Wildman–Crippen LogP) is 3.79. The van der Waals surface area contributed by atoms with Crippen molar-refractivity contribution >= 4 is 23.4 Å². The van der Waals surface area contributed by atoms with Crippen molar-refractivity contribution in [2.24, 2.45) is 0 Å². The first-order valence-corrected chi connectivity index (χ1v) is 8.03. The Labute approximate surface area is 140 Å². The topological polar surface area (TPSA) is 64.9 Å². The summed E-state index contributed by atoms with van der Waals surface area (Å²) >= 11 is 1.56. The van der Waals surface area contributed by atoms with E-state index < -0.39 is 5.91 Å². The quantitative estimate of drug-likeness (QED) is 0.627. The first kappa shape index (κ1) is 16.7. The van der Waals surface area contributed by atoms with Crippen LogP contribution < -0.4 is 10.6 Å². The van der Waals surface area contributed by atoms with Crippen molar-refractivity contribution < 1.29 is 4.79 Å². The molecule has 2 rings (SSSR count). The molecule has 0 heterocycles. The molecule has 0 aliphatic heterocycles. The molecule has 0 saturated heterocycles. The fourth-order valence-electron chi connectivity index (χ4n) is 1.82. The van der Waals surface area contributed by atoms with Crippen LogP contribution in [0.2, 0.25) is 0 Å². The van der Waals surface area contributed by atoms with Gasteiger partial charge in [0.2, 0.25) is 0 Å². The summed E-state index contributed by atoms with van der Waals surface area (Å²) in [6, 6.07) is 19.4. The lowest BCUT2D eigenvalue weighted by atomic mass is 10.2. The summed E-state index contributed by atoms with van der Waals surface area (Å²) in [5.41, 5.74) is 0.732. The van der Waals surface area contributed by atoms with Crippen LogP contribution in [0.4, 0.5) is 5.69 Å². The van der Waals surface area contributed by atoms with Crippen LogP contribution in [-0.2, 0) is 4.79 Å². The van der Waals surface area contributed by atoms with Crippen LogP contribution in [0.3, 0.4) is 0 Å². The number of para-hydroxylation sites is 1. The minimum absolute atomic E-state index is 0.0476. The number of nitrogens with one attached hydrogen (secondary N) is 2. The summed E-state index contributed by atoms with van der Waals surface area (Å²) in [7, 11) is 0. The Hall–Kier alpha value is -2.71. The molecule has 4 nitrogen and oxygen atoms in total. The molecular weight excluding hydrogens is 306 g/mol. The summed E-state index contributed by atoms with van der Waals surface area (Å²) in [5.74, 6) is -0.422. The molecule has 0 saturated carbocycles. The maximum Gasteiger partial charge on any atom is 0.267 e. The number of carbonyl (C=O) groups excluding carboxylic acids is 1. The first-order valence-electron chi connectivity index (χ1n) is 7.21. The van der Waals surface area contributed by atoms with Gasteiger partial charge in [-0.1, -0.05) is 42.1 Å².